The van der Waals surface area contributed by atoms with Crippen LogP contribution in [0.15, 0.2) is 255 Å². The lowest BCUT2D eigenvalue weighted by Gasteiger charge is -2.15. The summed E-state index contributed by atoms with van der Waals surface area (Å²) >= 11 is 0. The highest BCUT2D eigenvalue weighted by atomic mass is 15.0. The van der Waals surface area contributed by atoms with Gasteiger partial charge in [0.25, 0.3) is 0 Å². The second-order valence-corrected chi connectivity index (χ2v) is 19.1. The molecule has 2 nitrogen and oxygen atoms in total. The highest BCUT2D eigenvalue weighted by Gasteiger charge is 2.20. The van der Waals surface area contributed by atoms with Crippen LogP contribution >= 0.6 is 0 Å². The lowest BCUT2D eigenvalue weighted by Crippen LogP contribution is -1.98. The van der Waals surface area contributed by atoms with Gasteiger partial charge in [-0.05, 0) is 158 Å². The Kier molecular flexibility index (Phi) is 8.69. The molecule has 0 bridgehead atoms. The van der Waals surface area contributed by atoms with E-state index in [2.05, 4.69) is 259 Å². The average molecular weight is 899 g/mol. The van der Waals surface area contributed by atoms with Crippen molar-refractivity contribution in [2.75, 3.05) is 0 Å². The smallest absolute Gasteiger partial charge is 0.0730 e. The minimum absolute atomic E-state index is 0.929. The lowest BCUT2D eigenvalue weighted by molar-refractivity contribution is 1.16. The Balaban J connectivity index is 1.03. The van der Waals surface area contributed by atoms with Crippen LogP contribution in [0.4, 0.5) is 0 Å². The molecule has 0 amide bonds. The van der Waals surface area contributed by atoms with E-state index < -0.39 is 0 Å². The molecule has 0 saturated carbocycles. The van der Waals surface area contributed by atoms with E-state index in [-0.39, 0.29) is 0 Å². The maximum Gasteiger partial charge on any atom is 0.0730 e. The normalized spacial score (nSPS) is 11.9. The molecule has 0 unspecified atom stereocenters. The number of hydrogen-bond acceptors (Lipinski definition) is 1. The van der Waals surface area contributed by atoms with Crippen LogP contribution in [0.25, 0.3) is 148 Å². The molecule has 0 radical (unpaired) electrons. The van der Waals surface area contributed by atoms with Gasteiger partial charge in [-0.25, -0.2) is 4.98 Å². The molecule has 0 spiro atoms. The van der Waals surface area contributed by atoms with E-state index in [0.29, 0.717) is 0 Å². The van der Waals surface area contributed by atoms with E-state index >= 15 is 0 Å². The molecule has 0 saturated heterocycles. The fourth-order valence-electron chi connectivity index (χ4n) is 11.6. The second-order valence-electron chi connectivity index (χ2n) is 19.1. The van der Waals surface area contributed by atoms with Gasteiger partial charge < -0.3 is 4.57 Å². The van der Waals surface area contributed by atoms with Crippen LogP contribution in [0, 0.1) is 0 Å². The van der Waals surface area contributed by atoms with Crippen molar-refractivity contribution in [1.82, 2.24) is 9.55 Å². The predicted octanol–water partition coefficient (Wildman–Crippen LogP) is 18.9. The summed E-state index contributed by atoms with van der Waals surface area (Å²) in [6.45, 7) is 0. The first kappa shape index (κ1) is 39.6. The van der Waals surface area contributed by atoms with Crippen LogP contribution in [0.5, 0.6) is 0 Å². The number of aromatic nitrogens is 2. The molecule has 0 aliphatic carbocycles. The fourth-order valence-corrected chi connectivity index (χ4v) is 11.6. The summed E-state index contributed by atoms with van der Waals surface area (Å²) in [6, 6.07) is 94.1. The molecule has 0 aliphatic rings. The predicted molar refractivity (Wildman–Crippen MR) is 303 cm³/mol. The Labute approximate surface area is 409 Å². The molecule has 2 heteroatoms. The molecule has 15 aromatic rings. The van der Waals surface area contributed by atoms with E-state index in [1.54, 1.807) is 0 Å². The van der Waals surface area contributed by atoms with Crippen LogP contribution in [0.2, 0.25) is 0 Å². The van der Waals surface area contributed by atoms with Crippen molar-refractivity contribution in [1.29, 1.82) is 0 Å². The Morgan fingerprint density at radius 2 is 0.662 bits per heavy atom. The van der Waals surface area contributed by atoms with Crippen molar-refractivity contribution in [3.63, 3.8) is 0 Å². The first-order chi connectivity index (χ1) is 35.1. The molecule has 0 atom stereocenters. The zero-order valence-electron chi connectivity index (χ0n) is 38.6. The SMILES string of the molecule is c1ccc2cc(-c3ccc4c(c3)c3ccccc3c3cc5c(cc43)c3cc(-c4cccc6ccccc46)ccc3n5-c3cc(-c4ccc5ccccc5c4)nc(-c4ccc5ccccc5c4)c3)ccc2c1. The van der Waals surface area contributed by atoms with Crippen LogP contribution in [-0.4, -0.2) is 9.55 Å². The number of nitrogens with zero attached hydrogens (tertiary/aromatic N) is 2. The van der Waals surface area contributed by atoms with Crippen LogP contribution in [0.3, 0.4) is 0 Å². The van der Waals surface area contributed by atoms with Gasteiger partial charge in [-0.3, -0.25) is 0 Å². The summed E-state index contributed by atoms with van der Waals surface area (Å²) < 4.78 is 2.50. The number of hydrogen-bond donors (Lipinski definition) is 0. The van der Waals surface area contributed by atoms with Gasteiger partial charge >= 0.3 is 0 Å². The summed E-state index contributed by atoms with van der Waals surface area (Å²) in [5.74, 6) is 0. The van der Waals surface area contributed by atoms with Crippen LogP contribution in [-0.2, 0) is 0 Å². The van der Waals surface area contributed by atoms with Gasteiger partial charge in [-0.1, -0.05) is 194 Å². The monoisotopic (exact) mass is 898 g/mol. The summed E-state index contributed by atoms with van der Waals surface area (Å²) in [4.78, 5) is 5.50. The first-order valence-corrected chi connectivity index (χ1v) is 24.5. The third-order valence-corrected chi connectivity index (χ3v) is 15.1. The number of benzene rings is 13. The van der Waals surface area contributed by atoms with Crippen molar-refractivity contribution >= 4 is 97.2 Å². The van der Waals surface area contributed by atoms with Gasteiger partial charge in [0.05, 0.1) is 28.1 Å². The van der Waals surface area contributed by atoms with Gasteiger partial charge in [0, 0.05) is 21.9 Å². The molecule has 0 fully saturated rings. The molecule has 71 heavy (non-hydrogen) atoms. The van der Waals surface area contributed by atoms with E-state index in [1.807, 2.05) is 0 Å². The molecular formula is C69H42N2. The van der Waals surface area contributed by atoms with Gasteiger partial charge in [0.15, 0.2) is 0 Å². The van der Waals surface area contributed by atoms with Crippen molar-refractivity contribution in [2.24, 2.45) is 0 Å². The molecule has 13 aromatic carbocycles. The van der Waals surface area contributed by atoms with E-state index in [0.717, 1.165) is 39.2 Å². The standard InChI is InChI=1S/C69H42N2/c1-4-16-47-34-50(27-24-43(47)12-1)51-30-32-60-61(37-51)58-21-9-10-22-59(58)63-42-69-65(41-62(60)63)64-38-52(57-23-11-19-46-15-7-8-20-56(46)57)31-33-68(64)71(69)55-39-66(53-28-25-44-13-2-5-17-48(44)35-53)70-67(40-55)54-29-26-45-14-3-6-18-49(45)36-54/h1-42H. The van der Waals surface area contributed by atoms with Crippen LogP contribution in [0.1, 0.15) is 0 Å². The minimum Gasteiger partial charge on any atom is -0.309 e. The highest BCUT2D eigenvalue weighted by molar-refractivity contribution is 6.29. The lowest BCUT2D eigenvalue weighted by atomic mass is 9.90. The summed E-state index contributed by atoms with van der Waals surface area (Å²) in [5, 5.41) is 19.7. The Morgan fingerprint density at radius 1 is 0.225 bits per heavy atom. The quantitative estimate of drug-likeness (QED) is 0.157. The van der Waals surface area contributed by atoms with E-state index in [9.17, 15) is 0 Å². The largest absolute Gasteiger partial charge is 0.309 e. The summed E-state index contributed by atoms with van der Waals surface area (Å²) in [5.41, 5.74) is 12.2. The molecule has 2 heterocycles. The fraction of sp³-hybridized carbons (Fsp3) is 0. The number of rotatable bonds is 5. The number of pyridine rings is 1. The summed E-state index contributed by atoms with van der Waals surface area (Å²) in [7, 11) is 0. The Hall–Kier alpha value is -9.37. The second kappa shape index (κ2) is 15.6. The molecule has 0 aliphatic heterocycles. The molecule has 15 rings (SSSR count). The zero-order valence-corrected chi connectivity index (χ0v) is 38.6. The van der Waals surface area contributed by atoms with Crippen LogP contribution < -0.4 is 0 Å². The molecule has 0 N–H and O–H groups in total. The maximum absolute atomic E-state index is 5.50. The third-order valence-electron chi connectivity index (χ3n) is 15.1. The zero-order chi connectivity index (χ0) is 46.6. The van der Waals surface area contributed by atoms with Crippen molar-refractivity contribution in [2.45, 2.75) is 0 Å². The first-order valence-electron chi connectivity index (χ1n) is 24.5. The summed E-state index contributed by atoms with van der Waals surface area (Å²) in [6.07, 6.45) is 0. The third kappa shape index (κ3) is 6.39. The van der Waals surface area contributed by atoms with Gasteiger partial charge in [-0.2, -0.15) is 0 Å². The van der Waals surface area contributed by atoms with Crippen molar-refractivity contribution in [3.05, 3.63) is 255 Å². The minimum atomic E-state index is 0.929. The van der Waals surface area contributed by atoms with E-state index in [4.69, 9.17) is 4.98 Å². The van der Waals surface area contributed by atoms with Gasteiger partial charge in [0.1, 0.15) is 0 Å². The number of fused-ring (bicyclic) bond motifs is 13. The topological polar surface area (TPSA) is 17.8 Å². The average Bonchev–Trinajstić information content (AvgIpc) is 3.76. The van der Waals surface area contributed by atoms with Crippen molar-refractivity contribution in [3.8, 4) is 50.5 Å². The molecule has 328 valence electrons. The Bertz CT molecular complexity index is 4610. The Morgan fingerprint density at radius 3 is 1.31 bits per heavy atom. The van der Waals surface area contributed by atoms with Gasteiger partial charge in [-0.15, -0.1) is 0 Å². The van der Waals surface area contributed by atoms with Crippen molar-refractivity contribution < 1.29 is 0 Å². The maximum atomic E-state index is 5.50. The van der Waals surface area contributed by atoms with Gasteiger partial charge in [0.2, 0.25) is 0 Å². The highest BCUT2D eigenvalue weighted by Crippen LogP contribution is 2.44. The molecule has 2 aromatic heterocycles. The van der Waals surface area contributed by atoms with E-state index in [1.165, 1.54) is 108 Å². The molecular weight excluding hydrogens is 857 g/mol.